The average molecular weight is 485 g/mol. The summed E-state index contributed by atoms with van der Waals surface area (Å²) in [5.41, 5.74) is 8.25. The van der Waals surface area contributed by atoms with Crippen LogP contribution in [0.1, 0.15) is 0 Å². The first kappa shape index (κ1) is 20.9. The van der Waals surface area contributed by atoms with Crippen molar-refractivity contribution in [1.29, 1.82) is 0 Å². The highest BCUT2D eigenvalue weighted by molar-refractivity contribution is 6.23. The van der Waals surface area contributed by atoms with Gasteiger partial charge in [0.15, 0.2) is 0 Å². The van der Waals surface area contributed by atoms with E-state index in [1.165, 1.54) is 43.4 Å². The molecule has 0 N–H and O–H groups in total. The number of hydrogen-bond donors (Lipinski definition) is 0. The van der Waals surface area contributed by atoms with E-state index in [2.05, 4.69) is 111 Å². The second-order valence-corrected chi connectivity index (χ2v) is 9.59. The molecular formula is C34H20N4. The lowest BCUT2D eigenvalue weighted by atomic mass is 9.89. The van der Waals surface area contributed by atoms with Gasteiger partial charge in [0.05, 0.1) is 22.1 Å². The summed E-state index contributed by atoms with van der Waals surface area (Å²) in [6.07, 6.45) is 6.95. The number of benzene rings is 6. The summed E-state index contributed by atoms with van der Waals surface area (Å²) in [5, 5.41) is 7.41. The third kappa shape index (κ3) is 3.24. The van der Waals surface area contributed by atoms with Crippen molar-refractivity contribution in [3.8, 4) is 22.3 Å². The first-order valence-electron chi connectivity index (χ1n) is 12.6. The maximum atomic E-state index is 4.54. The molecular weight excluding hydrogens is 464 g/mol. The highest BCUT2D eigenvalue weighted by Crippen LogP contribution is 2.40. The zero-order valence-electron chi connectivity index (χ0n) is 20.3. The topological polar surface area (TPSA) is 51.6 Å². The van der Waals surface area contributed by atoms with E-state index in [-0.39, 0.29) is 0 Å². The molecule has 0 radical (unpaired) electrons. The number of aromatic nitrogens is 4. The van der Waals surface area contributed by atoms with Crippen LogP contribution in [0.3, 0.4) is 0 Å². The van der Waals surface area contributed by atoms with Gasteiger partial charge in [-0.2, -0.15) is 0 Å². The molecule has 4 nitrogen and oxygen atoms in total. The van der Waals surface area contributed by atoms with E-state index in [1.54, 1.807) is 24.8 Å². The Labute approximate surface area is 218 Å². The first-order valence-corrected chi connectivity index (χ1v) is 12.6. The molecule has 2 heterocycles. The van der Waals surface area contributed by atoms with Crippen molar-refractivity contribution >= 4 is 54.4 Å². The third-order valence-corrected chi connectivity index (χ3v) is 7.42. The van der Waals surface area contributed by atoms with Crippen molar-refractivity contribution in [2.75, 3.05) is 0 Å². The van der Waals surface area contributed by atoms with Crippen molar-refractivity contribution in [2.45, 2.75) is 0 Å². The van der Waals surface area contributed by atoms with Gasteiger partial charge in [-0.25, -0.2) is 0 Å². The molecule has 0 spiro atoms. The van der Waals surface area contributed by atoms with Crippen LogP contribution in [0.25, 0.3) is 76.6 Å². The average Bonchev–Trinajstić information content (AvgIpc) is 2.99. The minimum absolute atomic E-state index is 0.900. The fourth-order valence-electron chi connectivity index (χ4n) is 5.62. The third-order valence-electron chi connectivity index (χ3n) is 7.42. The van der Waals surface area contributed by atoms with Crippen molar-refractivity contribution < 1.29 is 0 Å². The first-order chi connectivity index (χ1) is 18.8. The summed E-state index contributed by atoms with van der Waals surface area (Å²) in [6, 6.07) is 34.8. The fraction of sp³-hybridized carbons (Fsp3) is 0. The summed E-state index contributed by atoms with van der Waals surface area (Å²) in [5.74, 6) is 0. The summed E-state index contributed by atoms with van der Waals surface area (Å²) < 4.78 is 0. The SMILES string of the molecule is c1ccc2c(c1)c(-c1ccc3nccnc3c1)cc1ccc3ccc(-c4ccc5nccnc5c4)cc3c12. The van der Waals surface area contributed by atoms with Gasteiger partial charge in [-0.05, 0) is 91.0 Å². The predicted octanol–water partition coefficient (Wildman–Crippen LogP) is 8.37. The molecule has 0 aliphatic carbocycles. The van der Waals surface area contributed by atoms with Gasteiger partial charge in [-0.15, -0.1) is 0 Å². The highest BCUT2D eigenvalue weighted by Gasteiger charge is 2.13. The summed E-state index contributed by atoms with van der Waals surface area (Å²) in [7, 11) is 0. The zero-order valence-corrected chi connectivity index (χ0v) is 20.3. The number of rotatable bonds is 2. The maximum Gasteiger partial charge on any atom is 0.0892 e. The second-order valence-electron chi connectivity index (χ2n) is 9.59. The lowest BCUT2D eigenvalue weighted by Gasteiger charge is -2.14. The largest absolute Gasteiger partial charge is 0.253 e. The Bertz CT molecular complexity index is 2200. The van der Waals surface area contributed by atoms with E-state index in [4.69, 9.17) is 0 Å². The summed E-state index contributed by atoms with van der Waals surface area (Å²) in [4.78, 5) is 17.9. The molecule has 8 aromatic rings. The van der Waals surface area contributed by atoms with Gasteiger partial charge in [0, 0.05) is 24.8 Å². The molecule has 0 unspecified atom stereocenters. The number of nitrogens with zero attached hydrogens (tertiary/aromatic N) is 4. The monoisotopic (exact) mass is 484 g/mol. The van der Waals surface area contributed by atoms with Gasteiger partial charge in [-0.1, -0.05) is 60.7 Å². The van der Waals surface area contributed by atoms with Gasteiger partial charge in [0.2, 0.25) is 0 Å². The Hall–Kier alpha value is -5.22. The number of hydrogen-bond acceptors (Lipinski definition) is 4. The van der Waals surface area contributed by atoms with Gasteiger partial charge < -0.3 is 0 Å². The van der Waals surface area contributed by atoms with Crippen LogP contribution >= 0.6 is 0 Å². The van der Waals surface area contributed by atoms with Crippen LogP contribution < -0.4 is 0 Å². The smallest absolute Gasteiger partial charge is 0.0892 e. The normalized spacial score (nSPS) is 11.7. The molecule has 0 amide bonds. The van der Waals surface area contributed by atoms with Crippen LogP contribution in [-0.2, 0) is 0 Å². The van der Waals surface area contributed by atoms with Crippen molar-refractivity contribution in [3.63, 3.8) is 0 Å². The molecule has 8 rings (SSSR count). The minimum atomic E-state index is 0.900. The van der Waals surface area contributed by atoms with Crippen molar-refractivity contribution in [1.82, 2.24) is 19.9 Å². The lowest BCUT2D eigenvalue weighted by molar-refractivity contribution is 1.29. The Morgan fingerprint density at radius 2 is 0.921 bits per heavy atom. The van der Waals surface area contributed by atoms with Crippen molar-refractivity contribution in [2.24, 2.45) is 0 Å². The molecule has 0 saturated carbocycles. The summed E-state index contributed by atoms with van der Waals surface area (Å²) >= 11 is 0. The predicted molar refractivity (Wildman–Crippen MR) is 156 cm³/mol. The van der Waals surface area contributed by atoms with E-state index in [9.17, 15) is 0 Å². The van der Waals surface area contributed by atoms with E-state index in [0.717, 1.165) is 33.2 Å². The molecule has 4 heteroatoms. The molecule has 2 aromatic heterocycles. The van der Waals surface area contributed by atoms with E-state index < -0.39 is 0 Å². The Morgan fingerprint density at radius 3 is 1.68 bits per heavy atom. The van der Waals surface area contributed by atoms with Gasteiger partial charge in [0.25, 0.3) is 0 Å². The summed E-state index contributed by atoms with van der Waals surface area (Å²) in [6.45, 7) is 0. The molecule has 0 aliphatic rings. The van der Waals surface area contributed by atoms with E-state index in [1.807, 2.05) is 6.07 Å². The Morgan fingerprint density at radius 1 is 0.368 bits per heavy atom. The lowest BCUT2D eigenvalue weighted by Crippen LogP contribution is -1.89. The Balaban J connectivity index is 1.40. The quantitative estimate of drug-likeness (QED) is 0.231. The van der Waals surface area contributed by atoms with Gasteiger partial charge >= 0.3 is 0 Å². The van der Waals surface area contributed by atoms with Gasteiger partial charge in [-0.3, -0.25) is 19.9 Å². The molecule has 0 saturated heterocycles. The van der Waals surface area contributed by atoms with Crippen LogP contribution in [0.2, 0.25) is 0 Å². The minimum Gasteiger partial charge on any atom is -0.253 e. The Kier molecular flexibility index (Phi) is 4.49. The van der Waals surface area contributed by atoms with Crippen LogP contribution in [0, 0.1) is 0 Å². The van der Waals surface area contributed by atoms with Crippen LogP contribution in [0.15, 0.2) is 122 Å². The fourth-order valence-corrected chi connectivity index (χ4v) is 5.62. The molecule has 0 aliphatic heterocycles. The van der Waals surface area contributed by atoms with Crippen LogP contribution in [0.5, 0.6) is 0 Å². The van der Waals surface area contributed by atoms with Crippen LogP contribution in [-0.4, -0.2) is 19.9 Å². The van der Waals surface area contributed by atoms with Gasteiger partial charge in [0.1, 0.15) is 0 Å². The number of fused-ring (bicyclic) bond motifs is 7. The maximum absolute atomic E-state index is 4.54. The molecule has 0 fully saturated rings. The highest BCUT2D eigenvalue weighted by atomic mass is 14.8. The van der Waals surface area contributed by atoms with Crippen molar-refractivity contribution in [3.05, 3.63) is 122 Å². The van der Waals surface area contributed by atoms with E-state index in [0.29, 0.717) is 0 Å². The zero-order chi connectivity index (χ0) is 25.1. The second kappa shape index (κ2) is 8.15. The molecule has 176 valence electrons. The molecule has 38 heavy (non-hydrogen) atoms. The standard InChI is InChI=1S/C34H20N4/c1-2-4-27-26(3-1)28(24-10-12-31-33(20-24)38-16-14-36-31)18-25-8-6-21-5-7-22(17-29(21)34(25)27)23-9-11-30-32(19-23)37-15-13-35-30/h1-20H. The van der Waals surface area contributed by atoms with E-state index >= 15 is 0 Å². The molecule has 0 bridgehead atoms. The van der Waals surface area contributed by atoms with Crippen LogP contribution in [0.4, 0.5) is 0 Å². The molecule has 0 atom stereocenters. The molecule has 6 aromatic carbocycles.